The Labute approximate surface area is 96.1 Å². The second-order valence-electron chi connectivity index (χ2n) is 3.16. The maximum Gasteiger partial charge on any atom is 0.237 e. The predicted octanol–water partition coefficient (Wildman–Crippen LogP) is 2.10. The average Bonchev–Trinajstić information content (AvgIpc) is 2.25. The van der Waals surface area contributed by atoms with Gasteiger partial charge in [0.15, 0.2) is 0 Å². The van der Waals surface area contributed by atoms with Crippen LogP contribution in [0.4, 0.5) is 16.0 Å². The molecular formula is C10H8ClFN4. The zero-order chi connectivity index (χ0) is 11.7. The molecule has 4 nitrogen and oxygen atoms in total. The number of hydrogen-bond acceptors (Lipinski definition) is 4. The van der Waals surface area contributed by atoms with Crippen LogP contribution >= 0.6 is 11.6 Å². The summed E-state index contributed by atoms with van der Waals surface area (Å²) in [7, 11) is 0. The first-order valence-electron chi connectivity index (χ1n) is 4.42. The van der Waals surface area contributed by atoms with E-state index in [0.29, 0.717) is 11.3 Å². The summed E-state index contributed by atoms with van der Waals surface area (Å²) in [6, 6.07) is 6.70. The second-order valence-corrected chi connectivity index (χ2v) is 3.54. The van der Waals surface area contributed by atoms with Crippen molar-refractivity contribution in [3.63, 3.8) is 0 Å². The summed E-state index contributed by atoms with van der Waals surface area (Å²) in [6.45, 7) is 0. The summed E-state index contributed by atoms with van der Waals surface area (Å²) in [5, 5.41) is -0.154. The van der Waals surface area contributed by atoms with E-state index in [9.17, 15) is 4.39 Å². The molecule has 6 heteroatoms. The van der Waals surface area contributed by atoms with Gasteiger partial charge >= 0.3 is 0 Å². The Hall–Kier alpha value is -1.88. The van der Waals surface area contributed by atoms with Crippen LogP contribution in [0.3, 0.4) is 0 Å². The molecule has 0 radical (unpaired) electrons. The number of benzene rings is 1. The fraction of sp³-hybridized carbons (Fsp3) is 0. The molecular weight excluding hydrogens is 231 g/mol. The lowest BCUT2D eigenvalue weighted by atomic mass is 10.1. The van der Waals surface area contributed by atoms with Gasteiger partial charge in [0.2, 0.25) is 11.9 Å². The fourth-order valence-corrected chi connectivity index (χ4v) is 1.46. The Balaban J connectivity index is 2.59. The number of hydrogen-bond donors (Lipinski definition) is 2. The highest BCUT2D eigenvalue weighted by Crippen LogP contribution is 2.28. The van der Waals surface area contributed by atoms with Crippen LogP contribution in [0.5, 0.6) is 0 Å². The van der Waals surface area contributed by atoms with E-state index >= 15 is 0 Å². The number of nitrogens with two attached hydrogens (primary N) is 2. The van der Waals surface area contributed by atoms with Gasteiger partial charge in [-0.05, 0) is 12.1 Å². The van der Waals surface area contributed by atoms with Crippen LogP contribution in [0.25, 0.3) is 11.3 Å². The molecule has 0 fully saturated rings. The van der Waals surface area contributed by atoms with Gasteiger partial charge < -0.3 is 11.5 Å². The van der Waals surface area contributed by atoms with Crippen LogP contribution < -0.4 is 11.5 Å². The van der Waals surface area contributed by atoms with E-state index in [2.05, 4.69) is 9.97 Å². The number of nitrogens with zero attached hydrogens (tertiary/aromatic N) is 2. The summed E-state index contributed by atoms with van der Waals surface area (Å²) in [5.74, 6) is -0.991. The Kier molecular flexibility index (Phi) is 2.62. The molecule has 1 heterocycles. The maximum atomic E-state index is 13.2. The molecule has 0 saturated carbocycles. The van der Waals surface area contributed by atoms with Crippen LogP contribution in [-0.2, 0) is 0 Å². The highest BCUT2D eigenvalue weighted by molar-refractivity contribution is 6.33. The van der Waals surface area contributed by atoms with Crippen molar-refractivity contribution in [2.45, 2.75) is 0 Å². The normalized spacial score (nSPS) is 10.4. The average molecular weight is 239 g/mol. The zero-order valence-corrected chi connectivity index (χ0v) is 8.87. The van der Waals surface area contributed by atoms with Gasteiger partial charge in [0.1, 0.15) is 5.02 Å². The van der Waals surface area contributed by atoms with Crippen LogP contribution in [0.1, 0.15) is 0 Å². The lowest BCUT2D eigenvalue weighted by molar-refractivity contribution is 0.583. The van der Waals surface area contributed by atoms with Crippen LogP contribution in [0.15, 0.2) is 24.3 Å². The minimum Gasteiger partial charge on any atom is -0.399 e. The van der Waals surface area contributed by atoms with E-state index in [-0.39, 0.29) is 16.7 Å². The molecule has 0 atom stereocenters. The molecule has 1 aromatic carbocycles. The molecule has 0 spiro atoms. The van der Waals surface area contributed by atoms with Crippen molar-refractivity contribution >= 4 is 23.2 Å². The SMILES string of the molecule is Nc1ccc(-c2nc(N)nc(F)c2Cl)cc1. The number of rotatable bonds is 1. The first-order valence-corrected chi connectivity index (χ1v) is 4.80. The molecule has 0 aliphatic heterocycles. The molecule has 0 bridgehead atoms. The van der Waals surface area contributed by atoms with Gasteiger partial charge in [-0.15, -0.1) is 0 Å². The van der Waals surface area contributed by atoms with E-state index in [1.807, 2.05) is 0 Å². The molecule has 0 amide bonds. The summed E-state index contributed by atoms with van der Waals surface area (Å²) < 4.78 is 13.2. The molecule has 0 unspecified atom stereocenters. The smallest absolute Gasteiger partial charge is 0.237 e. The van der Waals surface area contributed by atoms with Crippen molar-refractivity contribution < 1.29 is 4.39 Å². The number of anilines is 2. The standard InChI is InChI=1S/C10H8ClFN4/c11-7-8(15-10(14)16-9(7)12)5-1-3-6(13)4-2-5/h1-4H,13H2,(H2,14,15,16). The van der Waals surface area contributed by atoms with Gasteiger partial charge in [-0.25, -0.2) is 4.98 Å². The van der Waals surface area contributed by atoms with Gasteiger partial charge in [-0.2, -0.15) is 9.37 Å². The first-order chi connectivity index (χ1) is 7.58. The first kappa shape index (κ1) is 10.6. The molecule has 0 saturated heterocycles. The second kappa shape index (κ2) is 3.94. The minimum atomic E-state index is -0.832. The van der Waals surface area contributed by atoms with Crippen molar-refractivity contribution in [1.82, 2.24) is 9.97 Å². The van der Waals surface area contributed by atoms with E-state index in [4.69, 9.17) is 23.1 Å². The fourth-order valence-electron chi connectivity index (χ4n) is 1.27. The molecule has 0 aliphatic rings. The van der Waals surface area contributed by atoms with Crippen molar-refractivity contribution in [2.75, 3.05) is 11.5 Å². The van der Waals surface area contributed by atoms with Crippen molar-refractivity contribution in [1.29, 1.82) is 0 Å². The Bertz CT molecular complexity index is 527. The molecule has 16 heavy (non-hydrogen) atoms. The minimum absolute atomic E-state index is 0.154. The largest absolute Gasteiger partial charge is 0.399 e. The van der Waals surface area contributed by atoms with Crippen LogP contribution in [0.2, 0.25) is 5.02 Å². The Morgan fingerprint density at radius 3 is 2.31 bits per heavy atom. The van der Waals surface area contributed by atoms with Gasteiger partial charge in [-0.3, -0.25) is 0 Å². The van der Waals surface area contributed by atoms with E-state index in [1.54, 1.807) is 24.3 Å². The van der Waals surface area contributed by atoms with E-state index in [1.165, 1.54) is 0 Å². The number of halogens is 2. The summed E-state index contributed by atoms with van der Waals surface area (Å²) >= 11 is 5.75. The predicted molar refractivity (Wildman–Crippen MR) is 61.3 cm³/mol. The molecule has 2 aromatic rings. The topological polar surface area (TPSA) is 77.8 Å². The molecule has 1 aromatic heterocycles. The lowest BCUT2D eigenvalue weighted by Gasteiger charge is -2.05. The van der Waals surface area contributed by atoms with Crippen molar-refractivity contribution in [3.8, 4) is 11.3 Å². The van der Waals surface area contributed by atoms with E-state index in [0.717, 1.165) is 0 Å². The number of aromatic nitrogens is 2. The third-order valence-corrected chi connectivity index (χ3v) is 2.35. The van der Waals surface area contributed by atoms with E-state index < -0.39 is 5.95 Å². The quantitative estimate of drug-likeness (QED) is 0.589. The zero-order valence-electron chi connectivity index (χ0n) is 8.11. The molecule has 2 rings (SSSR count). The highest BCUT2D eigenvalue weighted by Gasteiger charge is 2.12. The van der Waals surface area contributed by atoms with Crippen LogP contribution in [0, 0.1) is 5.95 Å². The summed E-state index contributed by atoms with van der Waals surface area (Å²) in [6.07, 6.45) is 0. The Morgan fingerprint density at radius 1 is 1.06 bits per heavy atom. The van der Waals surface area contributed by atoms with Crippen LogP contribution in [-0.4, -0.2) is 9.97 Å². The third-order valence-electron chi connectivity index (χ3n) is 2.01. The lowest BCUT2D eigenvalue weighted by Crippen LogP contribution is -2.00. The molecule has 0 aliphatic carbocycles. The van der Waals surface area contributed by atoms with Crippen molar-refractivity contribution in [3.05, 3.63) is 35.2 Å². The highest BCUT2D eigenvalue weighted by atomic mass is 35.5. The third kappa shape index (κ3) is 1.90. The maximum absolute atomic E-state index is 13.2. The van der Waals surface area contributed by atoms with Crippen molar-refractivity contribution in [2.24, 2.45) is 0 Å². The number of nitrogen functional groups attached to an aromatic ring is 2. The molecule has 82 valence electrons. The summed E-state index contributed by atoms with van der Waals surface area (Å²) in [5.41, 5.74) is 12.4. The summed E-state index contributed by atoms with van der Waals surface area (Å²) in [4.78, 5) is 7.21. The van der Waals surface area contributed by atoms with Gasteiger partial charge in [0.05, 0.1) is 5.69 Å². The van der Waals surface area contributed by atoms with Gasteiger partial charge in [0, 0.05) is 11.3 Å². The Morgan fingerprint density at radius 2 is 1.69 bits per heavy atom. The van der Waals surface area contributed by atoms with Gasteiger partial charge in [-0.1, -0.05) is 23.7 Å². The monoisotopic (exact) mass is 238 g/mol. The van der Waals surface area contributed by atoms with Gasteiger partial charge in [0.25, 0.3) is 0 Å². The molecule has 4 N–H and O–H groups in total.